The molecule has 0 saturated carbocycles. The molecule has 1 unspecified atom stereocenters. The lowest BCUT2D eigenvalue weighted by molar-refractivity contribution is 0.318. The number of nitrogens with one attached hydrogen (secondary N) is 1. The topological polar surface area (TPSA) is 24.4 Å². The molecule has 116 valence electrons. The van der Waals surface area contributed by atoms with Crippen LogP contribution in [0, 0.1) is 5.41 Å². The normalized spacial score (nSPS) is 19.0. The number of hydrogen-bond acceptors (Lipinski definition) is 3. The van der Waals surface area contributed by atoms with E-state index in [9.17, 15) is 0 Å². The largest absolute Gasteiger partial charge is 0.358 e. The number of benzene rings is 1. The van der Waals surface area contributed by atoms with Crippen molar-refractivity contribution < 1.29 is 0 Å². The Morgan fingerprint density at radius 1 is 1.33 bits per heavy atom. The van der Waals surface area contributed by atoms with Gasteiger partial charge in [0.05, 0.1) is 6.04 Å². The van der Waals surface area contributed by atoms with Crippen molar-refractivity contribution in [3.8, 4) is 0 Å². The van der Waals surface area contributed by atoms with Crippen LogP contribution in [0.4, 0.5) is 0 Å². The molecule has 0 spiro atoms. The Hall–Kier alpha value is -0.380. The molecule has 0 amide bonds. The van der Waals surface area contributed by atoms with Crippen LogP contribution < -0.4 is 5.32 Å². The smallest absolute Gasteiger partial charge is 0.157 e. The summed E-state index contributed by atoms with van der Waals surface area (Å²) in [5.74, 6) is 1.13. The lowest BCUT2D eigenvalue weighted by atomic mass is 9.84. The Kier molecular flexibility index (Phi) is 5.87. The van der Waals surface area contributed by atoms with E-state index in [1.54, 1.807) is 6.07 Å². The molecule has 1 aliphatic heterocycles. The maximum absolute atomic E-state index is 6.26. The minimum atomic E-state index is 0.122. The van der Waals surface area contributed by atoms with Gasteiger partial charge >= 0.3 is 0 Å². The maximum Gasteiger partial charge on any atom is 0.157 e. The van der Waals surface area contributed by atoms with Gasteiger partial charge in [0.25, 0.3) is 0 Å². The number of hydrogen-bond donors (Lipinski definition) is 1. The first-order chi connectivity index (χ1) is 9.99. The fraction of sp³-hybridized carbons (Fsp3) is 0.562. The molecule has 1 N–H and O–H groups in total. The average molecular weight is 345 g/mol. The van der Waals surface area contributed by atoms with Gasteiger partial charge in [0.1, 0.15) is 0 Å². The first-order valence-corrected chi connectivity index (χ1v) is 9.12. The van der Waals surface area contributed by atoms with Crippen LogP contribution in [0.1, 0.15) is 45.2 Å². The highest BCUT2D eigenvalue weighted by atomic mass is 35.5. The third-order valence-electron chi connectivity index (χ3n) is 4.34. The molecule has 0 aliphatic carbocycles. The second-order valence-electron chi connectivity index (χ2n) is 5.65. The van der Waals surface area contributed by atoms with E-state index in [0.717, 1.165) is 23.0 Å². The monoisotopic (exact) mass is 344 g/mol. The van der Waals surface area contributed by atoms with E-state index in [-0.39, 0.29) is 6.04 Å². The SMILES string of the molecule is CCC1(CC)CN=C(NC(C)c2ccc(Cl)cc2Cl)SC1. The number of amidine groups is 1. The molecule has 0 bridgehead atoms. The van der Waals surface area contributed by atoms with Crippen LogP contribution in [0.3, 0.4) is 0 Å². The number of rotatable bonds is 4. The molecule has 0 radical (unpaired) electrons. The highest BCUT2D eigenvalue weighted by Gasteiger charge is 2.30. The van der Waals surface area contributed by atoms with Gasteiger partial charge in [-0.05, 0) is 42.9 Å². The minimum Gasteiger partial charge on any atom is -0.358 e. The van der Waals surface area contributed by atoms with E-state index in [0.29, 0.717) is 15.5 Å². The molecule has 2 nitrogen and oxygen atoms in total. The van der Waals surface area contributed by atoms with Gasteiger partial charge in [0.2, 0.25) is 0 Å². The van der Waals surface area contributed by atoms with Crippen molar-refractivity contribution >= 4 is 40.1 Å². The van der Waals surface area contributed by atoms with Gasteiger partial charge < -0.3 is 5.32 Å². The molecule has 0 saturated heterocycles. The molecule has 0 fully saturated rings. The number of aliphatic imine (C=N–C) groups is 1. The molecule has 1 aliphatic rings. The van der Waals surface area contributed by atoms with Crippen LogP contribution in [0.2, 0.25) is 10.0 Å². The molecular formula is C16H22Cl2N2S. The first kappa shape index (κ1) is 17.0. The van der Waals surface area contributed by atoms with Gasteiger partial charge in [-0.3, -0.25) is 4.99 Å². The summed E-state index contributed by atoms with van der Waals surface area (Å²) < 4.78 is 0. The van der Waals surface area contributed by atoms with Gasteiger partial charge in [-0.2, -0.15) is 0 Å². The number of thioether (sulfide) groups is 1. The molecule has 1 atom stereocenters. The molecule has 1 aromatic rings. The standard InChI is InChI=1S/C16H22Cl2N2S/c1-4-16(5-2)9-19-15(21-10-16)20-11(3)13-7-6-12(17)8-14(13)18/h6-8,11H,4-5,9-10H2,1-3H3,(H,19,20). The fourth-order valence-corrected chi connectivity index (χ4v) is 4.36. The van der Waals surface area contributed by atoms with Crippen molar-refractivity contribution in [1.82, 2.24) is 5.32 Å². The van der Waals surface area contributed by atoms with Crippen molar-refractivity contribution in [2.75, 3.05) is 12.3 Å². The van der Waals surface area contributed by atoms with Crippen LogP contribution >= 0.6 is 35.0 Å². The van der Waals surface area contributed by atoms with E-state index in [2.05, 4.69) is 26.1 Å². The predicted molar refractivity (Wildman–Crippen MR) is 95.8 cm³/mol. The summed E-state index contributed by atoms with van der Waals surface area (Å²) in [6.45, 7) is 7.53. The molecular weight excluding hydrogens is 323 g/mol. The second kappa shape index (κ2) is 7.26. The predicted octanol–water partition coefficient (Wildman–Crippen LogP) is 5.55. The fourth-order valence-electron chi connectivity index (χ4n) is 2.43. The molecule has 21 heavy (non-hydrogen) atoms. The van der Waals surface area contributed by atoms with Crippen LogP contribution in [0.5, 0.6) is 0 Å². The summed E-state index contributed by atoms with van der Waals surface area (Å²) in [6, 6.07) is 5.75. The van der Waals surface area contributed by atoms with Crippen LogP contribution in [0.15, 0.2) is 23.2 Å². The van der Waals surface area contributed by atoms with E-state index >= 15 is 0 Å². The van der Waals surface area contributed by atoms with E-state index < -0.39 is 0 Å². The van der Waals surface area contributed by atoms with Gasteiger partial charge in [-0.1, -0.05) is 54.9 Å². The third-order valence-corrected chi connectivity index (χ3v) is 6.18. The summed E-state index contributed by atoms with van der Waals surface area (Å²) in [6.07, 6.45) is 2.37. The highest BCUT2D eigenvalue weighted by molar-refractivity contribution is 8.13. The molecule has 1 aromatic carbocycles. The lowest BCUT2D eigenvalue weighted by Gasteiger charge is -2.34. The molecule has 2 rings (SSSR count). The summed E-state index contributed by atoms with van der Waals surface area (Å²) >= 11 is 14.0. The van der Waals surface area contributed by atoms with Crippen molar-refractivity contribution in [3.63, 3.8) is 0 Å². The Bertz CT molecular complexity index is 527. The minimum absolute atomic E-state index is 0.122. The Morgan fingerprint density at radius 2 is 2.05 bits per heavy atom. The molecule has 1 heterocycles. The zero-order chi connectivity index (χ0) is 15.5. The molecule has 5 heteroatoms. The van der Waals surface area contributed by atoms with E-state index in [4.69, 9.17) is 28.2 Å². The maximum atomic E-state index is 6.26. The van der Waals surface area contributed by atoms with E-state index in [1.165, 1.54) is 12.8 Å². The Balaban J connectivity index is 2.04. The summed E-state index contributed by atoms with van der Waals surface area (Å²) in [5.41, 5.74) is 1.42. The Morgan fingerprint density at radius 3 is 2.57 bits per heavy atom. The summed E-state index contributed by atoms with van der Waals surface area (Å²) in [5, 5.41) is 5.84. The van der Waals surface area contributed by atoms with Crippen LogP contribution in [-0.4, -0.2) is 17.5 Å². The van der Waals surface area contributed by atoms with Gasteiger partial charge in [-0.25, -0.2) is 0 Å². The number of halogens is 2. The molecule has 0 aromatic heterocycles. The van der Waals surface area contributed by atoms with Gasteiger partial charge in [-0.15, -0.1) is 0 Å². The zero-order valence-electron chi connectivity index (χ0n) is 12.7. The highest BCUT2D eigenvalue weighted by Crippen LogP contribution is 2.35. The summed E-state index contributed by atoms with van der Waals surface area (Å²) in [7, 11) is 0. The van der Waals surface area contributed by atoms with Crippen molar-refractivity contribution in [2.24, 2.45) is 10.4 Å². The van der Waals surface area contributed by atoms with Gasteiger partial charge in [0, 0.05) is 22.3 Å². The average Bonchev–Trinajstić information content (AvgIpc) is 2.48. The zero-order valence-corrected chi connectivity index (χ0v) is 15.1. The van der Waals surface area contributed by atoms with Crippen molar-refractivity contribution in [3.05, 3.63) is 33.8 Å². The number of nitrogens with zero attached hydrogens (tertiary/aromatic N) is 1. The second-order valence-corrected chi connectivity index (χ2v) is 7.46. The van der Waals surface area contributed by atoms with Crippen molar-refractivity contribution in [1.29, 1.82) is 0 Å². The van der Waals surface area contributed by atoms with Crippen LogP contribution in [-0.2, 0) is 0 Å². The lowest BCUT2D eigenvalue weighted by Crippen LogP contribution is -2.35. The Labute approximate surface area is 141 Å². The van der Waals surface area contributed by atoms with Crippen LogP contribution in [0.25, 0.3) is 0 Å². The quantitative estimate of drug-likeness (QED) is 0.773. The van der Waals surface area contributed by atoms with E-state index in [1.807, 2.05) is 23.9 Å². The first-order valence-electron chi connectivity index (χ1n) is 7.38. The third kappa shape index (κ3) is 4.08. The van der Waals surface area contributed by atoms with Crippen molar-refractivity contribution in [2.45, 2.75) is 39.7 Å². The summed E-state index contributed by atoms with van der Waals surface area (Å²) in [4.78, 5) is 4.74. The van der Waals surface area contributed by atoms with Gasteiger partial charge in [0.15, 0.2) is 5.17 Å².